The Morgan fingerprint density at radius 3 is 2.61 bits per heavy atom. The van der Waals surface area contributed by atoms with Crippen LogP contribution in [0.15, 0.2) is 46.8 Å². The number of nitro groups is 1. The lowest BCUT2D eigenvalue weighted by Crippen LogP contribution is -2.39. The molecule has 0 fully saturated rings. The summed E-state index contributed by atoms with van der Waals surface area (Å²) in [4.78, 5) is 16.3. The lowest BCUT2D eigenvalue weighted by atomic mass is 10.2. The third kappa shape index (κ3) is 9.47. The molecule has 0 aliphatic heterocycles. The van der Waals surface area contributed by atoms with E-state index in [-0.39, 0.29) is 29.7 Å². The second-order valence-electron chi connectivity index (χ2n) is 5.82. The average molecular weight is 518 g/mol. The third-order valence-electron chi connectivity index (χ3n) is 3.77. The molecule has 9 heteroatoms. The van der Waals surface area contributed by atoms with Crippen molar-refractivity contribution in [1.29, 1.82) is 0 Å². The number of nitrogens with one attached hydrogen (secondary N) is 2. The van der Waals surface area contributed by atoms with E-state index in [4.69, 9.17) is 4.74 Å². The van der Waals surface area contributed by atoms with Crippen LogP contribution in [-0.2, 0) is 17.7 Å². The van der Waals surface area contributed by atoms with Gasteiger partial charge in [0.1, 0.15) is 0 Å². The van der Waals surface area contributed by atoms with Crippen molar-refractivity contribution < 1.29 is 9.66 Å². The zero-order valence-electron chi connectivity index (χ0n) is 15.9. The fourth-order valence-corrected chi connectivity index (χ4v) is 3.06. The van der Waals surface area contributed by atoms with Crippen molar-refractivity contribution in [2.45, 2.75) is 26.3 Å². The Bertz CT molecular complexity index is 708. The highest BCUT2D eigenvalue weighted by Crippen LogP contribution is 2.12. The van der Waals surface area contributed by atoms with Gasteiger partial charge in [-0.05, 0) is 36.8 Å². The molecule has 7 nitrogen and oxygen atoms in total. The molecular formula is C19H27IN4O3S. The maximum atomic E-state index is 10.7. The van der Waals surface area contributed by atoms with Crippen LogP contribution in [0.4, 0.5) is 5.69 Å². The maximum Gasteiger partial charge on any atom is 0.269 e. The van der Waals surface area contributed by atoms with Crippen molar-refractivity contribution in [3.8, 4) is 0 Å². The molecule has 0 atom stereocenters. The molecule has 28 heavy (non-hydrogen) atoms. The quantitative estimate of drug-likeness (QED) is 0.117. The number of thiophene rings is 1. The van der Waals surface area contributed by atoms with Crippen LogP contribution < -0.4 is 10.6 Å². The highest BCUT2D eigenvalue weighted by atomic mass is 127. The number of hydrogen-bond acceptors (Lipinski definition) is 5. The van der Waals surface area contributed by atoms with Gasteiger partial charge in [0, 0.05) is 43.3 Å². The first kappa shape index (κ1) is 24.3. The summed E-state index contributed by atoms with van der Waals surface area (Å²) in [5.74, 6) is 0.737. The predicted octanol–water partition coefficient (Wildman–Crippen LogP) is 3.98. The van der Waals surface area contributed by atoms with E-state index >= 15 is 0 Å². The van der Waals surface area contributed by atoms with Crippen molar-refractivity contribution in [3.05, 3.63) is 62.3 Å². The minimum atomic E-state index is -0.398. The molecule has 1 aromatic heterocycles. The summed E-state index contributed by atoms with van der Waals surface area (Å²) in [7, 11) is 0. The summed E-state index contributed by atoms with van der Waals surface area (Å²) in [6, 6.07) is 10.7. The molecule has 1 heterocycles. The highest BCUT2D eigenvalue weighted by molar-refractivity contribution is 14.0. The number of nitro benzene ring substituents is 1. The topological polar surface area (TPSA) is 88.8 Å². The van der Waals surface area contributed by atoms with Crippen molar-refractivity contribution >= 4 is 47.0 Å². The number of halogens is 1. The Hall–Kier alpha value is -1.72. The molecule has 2 rings (SSSR count). The van der Waals surface area contributed by atoms with E-state index in [9.17, 15) is 10.1 Å². The van der Waals surface area contributed by atoms with Crippen molar-refractivity contribution in [3.63, 3.8) is 0 Å². The molecule has 0 unspecified atom stereocenters. The van der Waals surface area contributed by atoms with Crippen molar-refractivity contribution in [1.82, 2.24) is 10.6 Å². The average Bonchev–Trinajstić information content (AvgIpc) is 3.19. The van der Waals surface area contributed by atoms with E-state index < -0.39 is 4.92 Å². The fourth-order valence-electron chi connectivity index (χ4n) is 2.35. The first-order valence-corrected chi connectivity index (χ1v) is 9.92. The third-order valence-corrected chi connectivity index (χ3v) is 4.71. The molecule has 1 aromatic carbocycles. The van der Waals surface area contributed by atoms with Gasteiger partial charge >= 0.3 is 0 Å². The Morgan fingerprint density at radius 1 is 1.21 bits per heavy atom. The number of aliphatic imine (C=N–C) groups is 1. The van der Waals surface area contributed by atoms with E-state index in [1.807, 2.05) is 6.92 Å². The molecule has 2 N–H and O–H groups in total. The number of benzene rings is 1. The maximum absolute atomic E-state index is 10.7. The van der Waals surface area contributed by atoms with E-state index in [1.165, 1.54) is 17.0 Å². The molecule has 154 valence electrons. The molecule has 0 aliphatic carbocycles. The van der Waals surface area contributed by atoms with Gasteiger partial charge in [0.25, 0.3) is 5.69 Å². The Morgan fingerprint density at radius 2 is 1.96 bits per heavy atom. The molecule has 2 aromatic rings. The molecule has 0 amide bonds. The molecule has 0 spiro atoms. The molecule has 0 saturated carbocycles. The van der Waals surface area contributed by atoms with Crippen LogP contribution in [0.2, 0.25) is 0 Å². The van der Waals surface area contributed by atoms with Gasteiger partial charge in [0.05, 0.1) is 11.5 Å². The molecule has 0 radical (unpaired) electrons. The van der Waals surface area contributed by atoms with Crippen molar-refractivity contribution in [2.24, 2.45) is 4.99 Å². The van der Waals surface area contributed by atoms with Crippen LogP contribution in [0.3, 0.4) is 0 Å². The van der Waals surface area contributed by atoms with Gasteiger partial charge in [0.2, 0.25) is 0 Å². The number of ether oxygens (including phenoxy) is 1. The number of non-ortho nitro benzene ring substituents is 1. The summed E-state index contributed by atoms with van der Waals surface area (Å²) in [6.45, 7) is 5.44. The SMILES string of the molecule is CCOCCCNC(=NCc1ccc([N+](=O)[O-])cc1)NCCc1cccs1.I. The zero-order valence-corrected chi connectivity index (χ0v) is 19.1. The van der Waals surface area contributed by atoms with E-state index in [0.717, 1.165) is 44.1 Å². The molecular weight excluding hydrogens is 491 g/mol. The van der Waals surface area contributed by atoms with Crippen LogP contribution in [0.1, 0.15) is 23.8 Å². The van der Waals surface area contributed by atoms with Crippen LogP contribution in [0.25, 0.3) is 0 Å². The number of nitrogens with zero attached hydrogens (tertiary/aromatic N) is 2. The minimum Gasteiger partial charge on any atom is -0.382 e. The van der Waals surface area contributed by atoms with E-state index in [0.29, 0.717) is 13.2 Å². The van der Waals surface area contributed by atoms with Gasteiger partial charge < -0.3 is 15.4 Å². The standard InChI is InChI=1S/C19H26N4O3S.HI/c1-2-26-13-4-11-20-19(21-12-10-18-5-3-14-27-18)22-15-16-6-8-17(9-7-16)23(24)25;/h3,5-9,14H,2,4,10-13,15H2,1H3,(H2,20,21,22);1H. The summed E-state index contributed by atoms with van der Waals surface area (Å²) in [5, 5.41) is 19.5. The first-order chi connectivity index (χ1) is 13.2. The van der Waals surface area contributed by atoms with Gasteiger partial charge in [-0.15, -0.1) is 35.3 Å². The normalized spacial score (nSPS) is 11.0. The van der Waals surface area contributed by atoms with Crippen LogP contribution in [0, 0.1) is 10.1 Å². The largest absolute Gasteiger partial charge is 0.382 e. The lowest BCUT2D eigenvalue weighted by molar-refractivity contribution is -0.384. The second kappa shape index (κ2) is 14.3. The van der Waals surface area contributed by atoms with Crippen LogP contribution in [-0.4, -0.2) is 37.2 Å². The minimum absolute atomic E-state index is 0. The lowest BCUT2D eigenvalue weighted by Gasteiger charge is -2.12. The monoisotopic (exact) mass is 518 g/mol. The van der Waals surface area contributed by atoms with Crippen LogP contribution in [0.5, 0.6) is 0 Å². The van der Waals surface area contributed by atoms with E-state index in [1.54, 1.807) is 23.5 Å². The summed E-state index contributed by atoms with van der Waals surface area (Å²) in [5.41, 5.74) is 1.01. The van der Waals surface area contributed by atoms with Gasteiger partial charge in [-0.25, -0.2) is 4.99 Å². The van der Waals surface area contributed by atoms with Gasteiger partial charge in [-0.1, -0.05) is 18.2 Å². The summed E-state index contributed by atoms with van der Waals surface area (Å²) < 4.78 is 5.35. The number of rotatable bonds is 11. The van der Waals surface area contributed by atoms with Crippen molar-refractivity contribution in [2.75, 3.05) is 26.3 Å². The summed E-state index contributed by atoms with van der Waals surface area (Å²) in [6.07, 6.45) is 1.84. The number of hydrogen-bond donors (Lipinski definition) is 2. The Kier molecular flexibility index (Phi) is 12.4. The molecule has 0 saturated heterocycles. The molecule has 0 aliphatic rings. The van der Waals surface area contributed by atoms with Gasteiger partial charge in [-0.2, -0.15) is 0 Å². The fraction of sp³-hybridized carbons (Fsp3) is 0.421. The van der Waals surface area contributed by atoms with Gasteiger partial charge in [0.15, 0.2) is 5.96 Å². The first-order valence-electron chi connectivity index (χ1n) is 9.04. The zero-order chi connectivity index (χ0) is 19.3. The predicted molar refractivity (Wildman–Crippen MR) is 125 cm³/mol. The highest BCUT2D eigenvalue weighted by Gasteiger charge is 2.04. The Balaban J connectivity index is 0.00000392. The second-order valence-corrected chi connectivity index (χ2v) is 6.85. The molecule has 0 bridgehead atoms. The summed E-state index contributed by atoms with van der Waals surface area (Å²) >= 11 is 1.74. The van der Waals surface area contributed by atoms with Crippen LogP contribution >= 0.6 is 35.3 Å². The smallest absolute Gasteiger partial charge is 0.269 e. The Labute approximate surface area is 186 Å². The van der Waals surface area contributed by atoms with Gasteiger partial charge in [-0.3, -0.25) is 10.1 Å². The van der Waals surface area contributed by atoms with E-state index in [2.05, 4.69) is 33.1 Å². The number of guanidine groups is 1.